The Balaban J connectivity index is 2.07. The van der Waals surface area contributed by atoms with E-state index in [9.17, 15) is 9.59 Å². The molecule has 2 rings (SSSR count). The Morgan fingerprint density at radius 2 is 2.38 bits per heavy atom. The lowest BCUT2D eigenvalue weighted by atomic mass is 10.1. The van der Waals surface area contributed by atoms with Crippen molar-refractivity contribution < 1.29 is 19.4 Å². The Morgan fingerprint density at radius 3 is 3.00 bits per heavy atom. The molecule has 1 aliphatic heterocycles. The molecule has 0 saturated carbocycles. The van der Waals surface area contributed by atoms with Crippen molar-refractivity contribution in [3.8, 4) is 0 Å². The lowest BCUT2D eigenvalue weighted by molar-refractivity contribution is -0.139. The van der Waals surface area contributed by atoms with E-state index in [0.717, 1.165) is 4.88 Å². The molecule has 1 aromatic rings. The van der Waals surface area contributed by atoms with Crippen molar-refractivity contribution in [2.75, 3.05) is 26.8 Å². The summed E-state index contributed by atoms with van der Waals surface area (Å²) in [5.74, 6) is -0.919. The third kappa shape index (κ3) is 3.74. The van der Waals surface area contributed by atoms with Crippen LogP contribution < -0.4 is 0 Å². The molecule has 21 heavy (non-hydrogen) atoms. The van der Waals surface area contributed by atoms with Gasteiger partial charge in [-0.15, -0.1) is 11.3 Å². The summed E-state index contributed by atoms with van der Waals surface area (Å²) in [6.45, 7) is 3.12. The van der Waals surface area contributed by atoms with Gasteiger partial charge in [-0.1, -0.05) is 6.07 Å². The van der Waals surface area contributed by atoms with Gasteiger partial charge in [-0.2, -0.15) is 0 Å². The van der Waals surface area contributed by atoms with E-state index in [4.69, 9.17) is 9.84 Å². The molecule has 2 unspecified atom stereocenters. The minimum Gasteiger partial charge on any atom is -0.481 e. The number of nitrogens with zero attached hydrogens (tertiary/aromatic N) is 2. The van der Waals surface area contributed by atoms with Gasteiger partial charge in [0, 0.05) is 18.5 Å². The fourth-order valence-corrected chi connectivity index (χ4v) is 3.19. The molecule has 2 atom stereocenters. The second-order valence-corrected chi connectivity index (χ2v) is 6.08. The molecule has 1 aliphatic rings. The molecule has 2 heterocycles. The highest BCUT2D eigenvalue weighted by atomic mass is 32.1. The third-order valence-electron chi connectivity index (χ3n) is 3.72. The smallest absolute Gasteiger partial charge is 0.320 e. The number of amides is 2. The zero-order chi connectivity index (χ0) is 15.4. The van der Waals surface area contributed by atoms with Gasteiger partial charge in [0.2, 0.25) is 0 Å². The van der Waals surface area contributed by atoms with E-state index in [2.05, 4.69) is 0 Å². The van der Waals surface area contributed by atoms with Crippen LogP contribution in [-0.4, -0.2) is 59.8 Å². The minimum absolute atomic E-state index is 0.0363. The zero-order valence-electron chi connectivity index (χ0n) is 12.2. The van der Waals surface area contributed by atoms with Gasteiger partial charge in [-0.05, 0) is 18.4 Å². The molecule has 1 N–H and O–H groups in total. The van der Waals surface area contributed by atoms with Gasteiger partial charge in [0.15, 0.2) is 0 Å². The van der Waals surface area contributed by atoms with E-state index >= 15 is 0 Å². The Kier molecular flexibility index (Phi) is 5.19. The first kappa shape index (κ1) is 15.8. The van der Waals surface area contributed by atoms with Crippen molar-refractivity contribution in [2.45, 2.75) is 25.4 Å². The molecule has 6 nitrogen and oxygen atoms in total. The molecule has 0 aliphatic carbocycles. The molecule has 1 fully saturated rings. The van der Waals surface area contributed by atoms with Crippen LogP contribution in [0.1, 0.15) is 24.3 Å². The van der Waals surface area contributed by atoms with Crippen LogP contribution in [0.5, 0.6) is 0 Å². The minimum atomic E-state index is -0.919. The highest BCUT2D eigenvalue weighted by molar-refractivity contribution is 7.10. The van der Waals surface area contributed by atoms with Gasteiger partial charge < -0.3 is 19.6 Å². The first-order chi connectivity index (χ1) is 10.0. The van der Waals surface area contributed by atoms with E-state index in [-0.39, 0.29) is 25.1 Å². The Labute approximate surface area is 127 Å². The summed E-state index contributed by atoms with van der Waals surface area (Å²) in [5.41, 5.74) is 0. The van der Waals surface area contributed by atoms with Gasteiger partial charge in [0.05, 0.1) is 31.7 Å². The van der Waals surface area contributed by atoms with Crippen LogP contribution in [0.3, 0.4) is 0 Å². The fraction of sp³-hybridized carbons (Fsp3) is 0.571. The van der Waals surface area contributed by atoms with Gasteiger partial charge in [0.25, 0.3) is 0 Å². The number of hydrogen-bond acceptors (Lipinski definition) is 4. The summed E-state index contributed by atoms with van der Waals surface area (Å²) in [6.07, 6.45) is -0.0903. The normalized spacial score (nSPS) is 20.1. The van der Waals surface area contributed by atoms with Gasteiger partial charge >= 0.3 is 12.0 Å². The number of morpholine rings is 1. The van der Waals surface area contributed by atoms with Gasteiger partial charge in [-0.25, -0.2) is 4.79 Å². The number of carbonyl (C=O) groups is 2. The van der Waals surface area contributed by atoms with Crippen LogP contribution in [0.25, 0.3) is 0 Å². The van der Waals surface area contributed by atoms with Crippen molar-refractivity contribution in [2.24, 2.45) is 0 Å². The van der Waals surface area contributed by atoms with Crippen LogP contribution in [0.4, 0.5) is 4.79 Å². The van der Waals surface area contributed by atoms with Crippen LogP contribution in [0.2, 0.25) is 0 Å². The van der Waals surface area contributed by atoms with Crippen molar-refractivity contribution >= 4 is 23.3 Å². The lowest BCUT2D eigenvalue weighted by Gasteiger charge is -2.38. The quantitative estimate of drug-likeness (QED) is 0.923. The molecule has 116 valence electrons. The topological polar surface area (TPSA) is 70.1 Å². The van der Waals surface area contributed by atoms with Crippen molar-refractivity contribution in [1.29, 1.82) is 0 Å². The Morgan fingerprint density at radius 1 is 1.62 bits per heavy atom. The average molecular weight is 312 g/mol. The fourth-order valence-electron chi connectivity index (χ4n) is 2.37. The third-order valence-corrected chi connectivity index (χ3v) is 4.76. The lowest BCUT2D eigenvalue weighted by Crippen LogP contribution is -2.53. The SMILES string of the molecule is CC(c1cccs1)N(C)C(=O)N1CCOCC1CC(=O)O. The van der Waals surface area contributed by atoms with Gasteiger partial charge in [-0.3, -0.25) is 4.79 Å². The molecule has 0 radical (unpaired) electrons. The first-order valence-electron chi connectivity index (χ1n) is 6.87. The summed E-state index contributed by atoms with van der Waals surface area (Å²) in [4.78, 5) is 27.9. The van der Waals surface area contributed by atoms with Crippen LogP contribution in [0.15, 0.2) is 17.5 Å². The maximum Gasteiger partial charge on any atom is 0.320 e. The van der Waals surface area contributed by atoms with Gasteiger partial charge in [0.1, 0.15) is 0 Å². The number of carboxylic acids is 1. The summed E-state index contributed by atoms with van der Waals surface area (Å²) < 4.78 is 5.30. The number of ether oxygens (including phenoxy) is 1. The van der Waals surface area contributed by atoms with Crippen LogP contribution >= 0.6 is 11.3 Å². The number of carbonyl (C=O) groups excluding carboxylic acids is 1. The molecule has 1 aromatic heterocycles. The zero-order valence-corrected chi connectivity index (χ0v) is 13.0. The second kappa shape index (κ2) is 6.91. The average Bonchev–Trinajstić information content (AvgIpc) is 2.99. The maximum atomic E-state index is 12.6. The van der Waals surface area contributed by atoms with E-state index in [1.807, 2.05) is 24.4 Å². The summed E-state index contributed by atoms with van der Waals surface area (Å²) in [7, 11) is 1.75. The molecule has 1 saturated heterocycles. The molecule has 0 bridgehead atoms. The highest BCUT2D eigenvalue weighted by Crippen LogP contribution is 2.25. The number of urea groups is 1. The second-order valence-electron chi connectivity index (χ2n) is 5.10. The Hall–Kier alpha value is -1.60. The highest BCUT2D eigenvalue weighted by Gasteiger charge is 2.32. The molecular formula is C14H20N2O4S. The maximum absolute atomic E-state index is 12.6. The predicted molar refractivity (Wildman–Crippen MR) is 79.5 cm³/mol. The number of thiophene rings is 1. The van der Waals surface area contributed by atoms with Crippen LogP contribution in [0, 0.1) is 0 Å². The molecule has 0 aromatic carbocycles. The standard InChI is InChI=1S/C14H20N2O4S/c1-10(12-4-3-7-21-12)15(2)14(19)16-5-6-20-9-11(16)8-13(17)18/h3-4,7,10-11H,5-6,8-9H2,1-2H3,(H,17,18). The van der Waals surface area contributed by atoms with Crippen molar-refractivity contribution in [3.05, 3.63) is 22.4 Å². The largest absolute Gasteiger partial charge is 0.481 e. The number of carboxylic acid groups (broad SMARTS) is 1. The van der Waals surface area contributed by atoms with Crippen LogP contribution in [-0.2, 0) is 9.53 Å². The number of aliphatic carboxylic acids is 1. The van der Waals surface area contributed by atoms with E-state index in [1.54, 1.807) is 28.2 Å². The molecule has 7 heteroatoms. The predicted octanol–water partition coefficient (Wildman–Crippen LogP) is 2.04. The first-order valence-corrected chi connectivity index (χ1v) is 7.75. The summed E-state index contributed by atoms with van der Waals surface area (Å²) in [6, 6.07) is 3.36. The monoisotopic (exact) mass is 312 g/mol. The summed E-state index contributed by atoms with van der Waals surface area (Å²) in [5, 5.41) is 10.9. The molecular weight excluding hydrogens is 292 g/mol. The van der Waals surface area contributed by atoms with Crippen molar-refractivity contribution in [3.63, 3.8) is 0 Å². The van der Waals surface area contributed by atoms with E-state index in [1.165, 1.54) is 0 Å². The molecule has 2 amide bonds. The number of hydrogen-bond donors (Lipinski definition) is 1. The Bertz CT molecular complexity index is 491. The van der Waals surface area contributed by atoms with E-state index in [0.29, 0.717) is 13.2 Å². The van der Waals surface area contributed by atoms with E-state index < -0.39 is 12.0 Å². The summed E-state index contributed by atoms with van der Waals surface area (Å²) >= 11 is 1.60. The number of rotatable bonds is 4. The molecule has 0 spiro atoms. The van der Waals surface area contributed by atoms with Crippen molar-refractivity contribution in [1.82, 2.24) is 9.80 Å².